The molecule has 2 aromatic heterocycles. The Morgan fingerprint density at radius 1 is 1.23 bits per heavy atom. The summed E-state index contributed by atoms with van der Waals surface area (Å²) in [6, 6.07) is 9.67. The molecule has 0 amide bonds. The minimum atomic E-state index is -0.209. The first-order chi connectivity index (χ1) is 10.5. The van der Waals surface area contributed by atoms with Gasteiger partial charge in [0.1, 0.15) is 5.75 Å². The van der Waals surface area contributed by atoms with Gasteiger partial charge >= 0.3 is 0 Å². The van der Waals surface area contributed by atoms with Crippen LogP contribution in [-0.2, 0) is 7.05 Å². The van der Waals surface area contributed by atoms with Crippen LogP contribution in [0.1, 0.15) is 0 Å². The van der Waals surface area contributed by atoms with Crippen molar-refractivity contribution < 1.29 is 5.11 Å². The van der Waals surface area contributed by atoms with Gasteiger partial charge in [0, 0.05) is 30.4 Å². The van der Waals surface area contributed by atoms with E-state index in [4.69, 9.17) is 5.73 Å². The molecule has 7 nitrogen and oxygen atoms in total. The molecule has 0 aliphatic rings. The number of aromatic nitrogens is 4. The molecule has 0 bridgehead atoms. The molecule has 7 heteroatoms. The Balaban J connectivity index is 2.24. The molecule has 0 aliphatic carbocycles. The number of nitrogens with two attached hydrogens (primary N) is 1. The molecule has 3 aromatic rings. The van der Waals surface area contributed by atoms with Gasteiger partial charge in [-0.15, -0.1) is 0 Å². The van der Waals surface area contributed by atoms with Crippen LogP contribution in [-0.4, -0.2) is 24.9 Å². The molecule has 0 saturated heterocycles. The average molecular weight is 295 g/mol. The largest absolute Gasteiger partial charge is 0.508 e. The van der Waals surface area contributed by atoms with Crippen molar-refractivity contribution in [1.82, 2.24) is 19.7 Å². The van der Waals surface area contributed by atoms with Crippen LogP contribution < -0.4 is 11.3 Å². The molecule has 0 atom stereocenters. The van der Waals surface area contributed by atoms with Crippen molar-refractivity contribution in [1.29, 1.82) is 0 Å². The predicted molar refractivity (Wildman–Crippen MR) is 82.0 cm³/mol. The lowest BCUT2D eigenvalue weighted by Gasteiger charge is -2.09. The molecule has 3 N–H and O–H groups in total. The van der Waals surface area contributed by atoms with Gasteiger partial charge in [-0.1, -0.05) is 12.1 Å². The zero-order valence-electron chi connectivity index (χ0n) is 11.8. The quantitative estimate of drug-likeness (QED) is 0.735. The number of nitrogen functional groups attached to an aromatic ring is 1. The number of hydrogen-bond acceptors (Lipinski definition) is 6. The van der Waals surface area contributed by atoms with Crippen molar-refractivity contribution in [2.75, 3.05) is 5.73 Å². The van der Waals surface area contributed by atoms with Gasteiger partial charge in [0.25, 0.3) is 5.56 Å². The number of phenolic OH excluding ortho intramolecular Hbond substituents is 1. The topological polar surface area (TPSA) is 107 Å². The summed E-state index contributed by atoms with van der Waals surface area (Å²) < 4.78 is 1.23. The Bertz CT molecular complexity index is 904. The number of nitrogens with zero attached hydrogens (tertiary/aromatic N) is 4. The SMILES string of the molecule is Cn1nc(-c2cnc(N)nc2-c2cccc(O)c2)ccc1=O. The van der Waals surface area contributed by atoms with Crippen LogP contribution in [0.25, 0.3) is 22.5 Å². The first kappa shape index (κ1) is 13.7. The minimum absolute atomic E-state index is 0.118. The van der Waals surface area contributed by atoms with Crippen molar-refractivity contribution in [3.63, 3.8) is 0 Å². The normalized spacial score (nSPS) is 10.6. The molecule has 3 rings (SSSR count). The van der Waals surface area contributed by atoms with Crippen LogP contribution in [0.15, 0.2) is 47.4 Å². The van der Waals surface area contributed by atoms with Crippen molar-refractivity contribution in [2.45, 2.75) is 0 Å². The van der Waals surface area contributed by atoms with E-state index in [1.54, 1.807) is 43.6 Å². The lowest BCUT2D eigenvalue weighted by atomic mass is 10.0. The summed E-state index contributed by atoms with van der Waals surface area (Å²) in [5.74, 6) is 0.237. The predicted octanol–water partition coefficient (Wildman–Crippen LogP) is 1.19. The number of hydrogen-bond donors (Lipinski definition) is 2. The highest BCUT2D eigenvalue weighted by molar-refractivity contribution is 5.79. The lowest BCUT2D eigenvalue weighted by molar-refractivity contribution is 0.475. The van der Waals surface area contributed by atoms with E-state index in [0.29, 0.717) is 22.5 Å². The van der Waals surface area contributed by atoms with Gasteiger partial charge in [-0.25, -0.2) is 14.6 Å². The second-order valence-electron chi connectivity index (χ2n) is 4.72. The van der Waals surface area contributed by atoms with E-state index >= 15 is 0 Å². The van der Waals surface area contributed by atoms with Crippen LogP contribution in [0.3, 0.4) is 0 Å². The Kier molecular flexibility index (Phi) is 3.30. The summed E-state index contributed by atoms with van der Waals surface area (Å²) in [7, 11) is 1.57. The van der Waals surface area contributed by atoms with E-state index in [2.05, 4.69) is 15.1 Å². The van der Waals surface area contributed by atoms with Gasteiger partial charge in [0.2, 0.25) is 5.95 Å². The number of aryl methyl sites for hydroxylation is 1. The fraction of sp³-hybridized carbons (Fsp3) is 0.0667. The molecule has 2 heterocycles. The van der Waals surface area contributed by atoms with Crippen LogP contribution >= 0.6 is 0 Å². The van der Waals surface area contributed by atoms with Crippen LogP contribution in [0.2, 0.25) is 0 Å². The number of aromatic hydroxyl groups is 1. The van der Waals surface area contributed by atoms with Crippen LogP contribution in [0, 0.1) is 0 Å². The van der Waals surface area contributed by atoms with Crippen molar-refractivity contribution in [2.24, 2.45) is 7.05 Å². The highest BCUT2D eigenvalue weighted by Gasteiger charge is 2.13. The van der Waals surface area contributed by atoms with E-state index in [9.17, 15) is 9.90 Å². The first-order valence-corrected chi connectivity index (χ1v) is 6.51. The van der Waals surface area contributed by atoms with Gasteiger partial charge in [-0.05, 0) is 18.2 Å². The van der Waals surface area contributed by atoms with Gasteiger partial charge in [-0.3, -0.25) is 4.79 Å². The van der Waals surface area contributed by atoms with Crippen molar-refractivity contribution in [3.05, 3.63) is 52.9 Å². The van der Waals surface area contributed by atoms with Gasteiger partial charge < -0.3 is 10.8 Å². The highest BCUT2D eigenvalue weighted by atomic mass is 16.3. The maximum atomic E-state index is 11.5. The summed E-state index contributed by atoms with van der Waals surface area (Å²) in [5, 5.41) is 13.9. The molecule has 0 fully saturated rings. The standard InChI is InChI=1S/C15H13N5O2/c1-20-13(22)6-5-12(19-20)11-8-17-15(16)18-14(11)9-3-2-4-10(21)7-9/h2-8,21H,1H3,(H2,16,17,18). The first-order valence-electron chi connectivity index (χ1n) is 6.51. The Hall–Kier alpha value is -3.22. The molecule has 0 aliphatic heterocycles. The molecule has 110 valence electrons. The maximum absolute atomic E-state index is 11.5. The molecular formula is C15H13N5O2. The van der Waals surface area contributed by atoms with Crippen LogP contribution in [0.4, 0.5) is 5.95 Å². The molecule has 0 saturated carbocycles. The second kappa shape index (κ2) is 5.28. The zero-order valence-corrected chi connectivity index (χ0v) is 11.8. The van der Waals surface area contributed by atoms with E-state index in [0.717, 1.165) is 0 Å². The van der Waals surface area contributed by atoms with Gasteiger partial charge in [0.05, 0.1) is 11.4 Å². The Morgan fingerprint density at radius 2 is 2.05 bits per heavy atom. The third-order valence-electron chi connectivity index (χ3n) is 3.16. The zero-order chi connectivity index (χ0) is 15.7. The van der Waals surface area contributed by atoms with Crippen LogP contribution in [0.5, 0.6) is 5.75 Å². The molecule has 1 aromatic carbocycles. The summed E-state index contributed by atoms with van der Waals surface area (Å²) in [5.41, 5.74) is 7.85. The summed E-state index contributed by atoms with van der Waals surface area (Å²) in [4.78, 5) is 19.7. The monoisotopic (exact) mass is 295 g/mol. The van der Waals surface area contributed by atoms with Gasteiger partial charge in [-0.2, -0.15) is 5.10 Å². The summed E-state index contributed by atoms with van der Waals surface area (Å²) in [6.07, 6.45) is 1.55. The minimum Gasteiger partial charge on any atom is -0.508 e. The second-order valence-corrected chi connectivity index (χ2v) is 4.72. The Labute approximate surface area is 125 Å². The molecule has 0 spiro atoms. The van der Waals surface area contributed by atoms with E-state index in [-0.39, 0.29) is 17.3 Å². The van der Waals surface area contributed by atoms with Crippen molar-refractivity contribution >= 4 is 5.95 Å². The van der Waals surface area contributed by atoms with E-state index < -0.39 is 0 Å². The molecule has 0 radical (unpaired) electrons. The van der Waals surface area contributed by atoms with E-state index in [1.165, 1.54) is 10.7 Å². The number of rotatable bonds is 2. The smallest absolute Gasteiger partial charge is 0.266 e. The third-order valence-corrected chi connectivity index (χ3v) is 3.16. The van der Waals surface area contributed by atoms with Gasteiger partial charge in [0.15, 0.2) is 0 Å². The number of anilines is 1. The summed E-state index contributed by atoms with van der Waals surface area (Å²) in [6.45, 7) is 0. The molecular weight excluding hydrogens is 282 g/mol. The number of phenols is 1. The third kappa shape index (κ3) is 2.51. The van der Waals surface area contributed by atoms with E-state index in [1.807, 2.05) is 0 Å². The Morgan fingerprint density at radius 3 is 2.77 bits per heavy atom. The molecule has 0 unspecified atom stereocenters. The maximum Gasteiger partial charge on any atom is 0.266 e. The molecule has 22 heavy (non-hydrogen) atoms. The fourth-order valence-corrected chi connectivity index (χ4v) is 2.10. The number of benzene rings is 1. The fourth-order valence-electron chi connectivity index (χ4n) is 2.10. The lowest BCUT2D eigenvalue weighted by Crippen LogP contribution is -2.18. The summed E-state index contributed by atoms with van der Waals surface area (Å²) >= 11 is 0. The average Bonchev–Trinajstić information content (AvgIpc) is 2.50. The van der Waals surface area contributed by atoms with Crippen molar-refractivity contribution in [3.8, 4) is 28.3 Å². The highest BCUT2D eigenvalue weighted by Crippen LogP contribution is 2.30.